The molecule has 1 amide bonds. The van der Waals surface area contributed by atoms with Crippen LogP contribution in [0.15, 0.2) is 0 Å². The van der Waals surface area contributed by atoms with Gasteiger partial charge in [-0.15, -0.1) is 0 Å². The van der Waals surface area contributed by atoms with Crippen molar-refractivity contribution in [1.82, 2.24) is 10.6 Å². The molecule has 0 bridgehead atoms. The molecule has 0 spiro atoms. The number of hydrogen-bond acceptors (Lipinski definition) is 3. The molecule has 1 fully saturated rings. The number of amides is 1. The minimum Gasteiger partial charge on any atom is -0.378 e. The Kier molecular flexibility index (Phi) is 1.45. The quantitative estimate of drug-likeness (QED) is 0.356. The summed E-state index contributed by atoms with van der Waals surface area (Å²) in [6.07, 6.45) is -0.483. The van der Waals surface area contributed by atoms with Crippen LogP contribution in [0.2, 0.25) is 0 Å². The van der Waals surface area contributed by atoms with Crippen LogP contribution >= 0.6 is 0 Å². The van der Waals surface area contributed by atoms with Gasteiger partial charge in [0.2, 0.25) is 5.91 Å². The van der Waals surface area contributed by atoms with E-state index in [-0.39, 0.29) is 12.3 Å². The Balaban J connectivity index is 2.34. The van der Waals surface area contributed by atoms with Crippen molar-refractivity contribution < 1.29 is 9.90 Å². The molecule has 1 heterocycles. The summed E-state index contributed by atoms with van der Waals surface area (Å²) < 4.78 is 0. The van der Waals surface area contributed by atoms with Crippen molar-refractivity contribution in [1.29, 1.82) is 0 Å². The minimum atomic E-state index is -0.649. The number of hydrogen-bond donors (Lipinski definition) is 3. The smallest absolute Gasteiger partial charge is 0.224 e. The van der Waals surface area contributed by atoms with Crippen molar-refractivity contribution in [3.05, 3.63) is 0 Å². The topological polar surface area (TPSA) is 61.4 Å². The minimum absolute atomic E-state index is 0.101. The summed E-state index contributed by atoms with van der Waals surface area (Å²) in [5.74, 6) is -0.101. The lowest BCUT2D eigenvalue weighted by Gasteiger charge is -2.18. The molecule has 0 aliphatic carbocycles. The molecule has 0 aromatic carbocycles. The molecular weight excluding hydrogens is 108 g/mol. The van der Waals surface area contributed by atoms with Gasteiger partial charge in [0.05, 0.1) is 13.1 Å². The van der Waals surface area contributed by atoms with Gasteiger partial charge in [-0.2, -0.15) is 0 Å². The lowest BCUT2D eigenvalue weighted by atomic mass is 10.3. The molecule has 46 valence electrons. The van der Waals surface area contributed by atoms with E-state index in [1.54, 1.807) is 0 Å². The summed E-state index contributed by atoms with van der Waals surface area (Å²) in [7, 11) is 0. The maximum atomic E-state index is 10.4. The Morgan fingerprint density at radius 3 is 2.88 bits per heavy atom. The summed E-state index contributed by atoms with van der Waals surface area (Å²) in [5, 5.41) is 13.8. The van der Waals surface area contributed by atoms with Crippen molar-refractivity contribution in [3.63, 3.8) is 0 Å². The first-order valence-corrected chi connectivity index (χ1v) is 2.47. The average molecular weight is 116 g/mol. The SMILES string of the molecule is O=C1CC(O)NCN1. The highest BCUT2D eigenvalue weighted by Gasteiger charge is 2.13. The van der Waals surface area contributed by atoms with Crippen molar-refractivity contribution in [2.24, 2.45) is 0 Å². The van der Waals surface area contributed by atoms with Gasteiger partial charge in [0.15, 0.2) is 0 Å². The highest BCUT2D eigenvalue weighted by Crippen LogP contribution is 1.89. The molecule has 0 radical (unpaired) electrons. The Bertz CT molecular complexity index is 104. The van der Waals surface area contributed by atoms with Crippen LogP contribution in [0.3, 0.4) is 0 Å². The van der Waals surface area contributed by atoms with Crippen LogP contribution in [0.5, 0.6) is 0 Å². The molecule has 1 rings (SSSR count). The normalized spacial score (nSPS) is 29.6. The Labute approximate surface area is 46.9 Å². The molecule has 1 aliphatic rings. The fourth-order valence-electron chi connectivity index (χ4n) is 0.587. The number of aliphatic hydroxyl groups is 1. The van der Waals surface area contributed by atoms with E-state index in [0.717, 1.165) is 0 Å². The largest absolute Gasteiger partial charge is 0.378 e. The maximum absolute atomic E-state index is 10.4. The number of carbonyl (C=O) groups is 1. The predicted octanol–water partition coefficient (Wildman–Crippen LogP) is -1.63. The summed E-state index contributed by atoms with van der Waals surface area (Å²) >= 11 is 0. The monoisotopic (exact) mass is 116 g/mol. The Morgan fingerprint density at radius 1 is 1.75 bits per heavy atom. The summed E-state index contributed by atoms with van der Waals surface area (Å²) in [6, 6.07) is 0. The van der Waals surface area contributed by atoms with Crippen LogP contribution in [-0.4, -0.2) is 23.9 Å². The molecule has 0 aromatic heterocycles. The second-order valence-electron chi connectivity index (χ2n) is 1.70. The lowest BCUT2D eigenvalue weighted by Crippen LogP contribution is -2.47. The number of nitrogens with one attached hydrogen (secondary N) is 2. The Morgan fingerprint density at radius 2 is 2.50 bits per heavy atom. The standard InChI is InChI=1S/C4H8N2O2/c7-3-1-4(8)6-2-5-3/h3,5,7H,1-2H2,(H,6,8). The highest BCUT2D eigenvalue weighted by atomic mass is 16.3. The van der Waals surface area contributed by atoms with Gasteiger partial charge in [-0.25, -0.2) is 0 Å². The van der Waals surface area contributed by atoms with Crippen LogP contribution in [0, 0.1) is 0 Å². The van der Waals surface area contributed by atoms with Crippen molar-refractivity contribution in [3.8, 4) is 0 Å². The van der Waals surface area contributed by atoms with Crippen molar-refractivity contribution in [2.75, 3.05) is 6.67 Å². The van der Waals surface area contributed by atoms with Crippen LogP contribution in [0.4, 0.5) is 0 Å². The van der Waals surface area contributed by atoms with Gasteiger partial charge < -0.3 is 10.4 Å². The lowest BCUT2D eigenvalue weighted by molar-refractivity contribution is -0.125. The summed E-state index contributed by atoms with van der Waals surface area (Å²) in [5.41, 5.74) is 0. The van der Waals surface area contributed by atoms with Crippen molar-refractivity contribution in [2.45, 2.75) is 12.6 Å². The van der Waals surface area contributed by atoms with Crippen LogP contribution in [-0.2, 0) is 4.79 Å². The Hall–Kier alpha value is -0.610. The summed E-state index contributed by atoms with van der Waals surface area (Å²) in [6.45, 7) is 0.375. The van der Waals surface area contributed by atoms with Crippen molar-refractivity contribution >= 4 is 5.91 Å². The number of carbonyl (C=O) groups excluding carboxylic acids is 1. The highest BCUT2D eigenvalue weighted by molar-refractivity contribution is 5.76. The van der Waals surface area contributed by atoms with E-state index in [9.17, 15) is 4.79 Å². The third-order valence-electron chi connectivity index (χ3n) is 1.00. The molecule has 8 heavy (non-hydrogen) atoms. The van der Waals surface area contributed by atoms with Gasteiger partial charge in [0.25, 0.3) is 0 Å². The molecule has 1 aliphatic heterocycles. The van der Waals surface area contributed by atoms with Gasteiger partial charge in [-0.1, -0.05) is 0 Å². The first-order chi connectivity index (χ1) is 3.79. The molecule has 0 aromatic rings. The first kappa shape index (κ1) is 5.53. The number of rotatable bonds is 0. The van der Waals surface area contributed by atoms with E-state index < -0.39 is 6.23 Å². The van der Waals surface area contributed by atoms with E-state index in [0.29, 0.717) is 6.67 Å². The molecule has 1 atom stereocenters. The van der Waals surface area contributed by atoms with Gasteiger partial charge in [-0.05, 0) is 0 Å². The zero-order chi connectivity index (χ0) is 5.98. The molecule has 4 heteroatoms. The fourth-order valence-corrected chi connectivity index (χ4v) is 0.587. The summed E-state index contributed by atoms with van der Waals surface area (Å²) in [4.78, 5) is 10.4. The number of aliphatic hydroxyl groups excluding tert-OH is 1. The van der Waals surface area contributed by atoms with E-state index in [1.807, 2.05) is 0 Å². The third-order valence-corrected chi connectivity index (χ3v) is 1.00. The van der Waals surface area contributed by atoms with Crippen LogP contribution in [0.25, 0.3) is 0 Å². The van der Waals surface area contributed by atoms with Gasteiger partial charge >= 0.3 is 0 Å². The molecule has 3 N–H and O–H groups in total. The van der Waals surface area contributed by atoms with Gasteiger partial charge in [-0.3, -0.25) is 10.1 Å². The van der Waals surface area contributed by atoms with E-state index >= 15 is 0 Å². The fraction of sp³-hybridized carbons (Fsp3) is 0.750. The van der Waals surface area contributed by atoms with Gasteiger partial charge in [0, 0.05) is 0 Å². The second kappa shape index (κ2) is 2.11. The van der Waals surface area contributed by atoms with Crippen LogP contribution < -0.4 is 10.6 Å². The predicted molar refractivity (Wildman–Crippen MR) is 26.8 cm³/mol. The van der Waals surface area contributed by atoms with Crippen LogP contribution in [0.1, 0.15) is 6.42 Å². The molecule has 1 unspecified atom stereocenters. The first-order valence-electron chi connectivity index (χ1n) is 2.47. The average Bonchev–Trinajstić information content (AvgIpc) is 1.64. The van der Waals surface area contributed by atoms with E-state index in [1.165, 1.54) is 0 Å². The molecule has 1 saturated heterocycles. The van der Waals surface area contributed by atoms with E-state index in [2.05, 4.69) is 10.6 Å². The third kappa shape index (κ3) is 1.18. The van der Waals surface area contributed by atoms with E-state index in [4.69, 9.17) is 5.11 Å². The van der Waals surface area contributed by atoms with Gasteiger partial charge in [0.1, 0.15) is 6.23 Å². The molecular formula is C4H8N2O2. The second-order valence-corrected chi connectivity index (χ2v) is 1.70. The zero-order valence-corrected chi connectivity index (χ0v) is 4.35. The maximum Gasteiger partial charge on any atom is 0.224 e. The molecule has 0 saturated carbocycles. The molecule has 4 nitrogen and oxygen atoms in total. The zero-order valence-electron chi connectivity index (χ0n) is 4.35.